The SMILES string of the molecule is CCOc1cc(C(Nc2ccc(C(=N)N)cc2)c2nn(-c3ccccc3C(=O)OC(C)=O)c(=O)[nH]2)ccc1OC. The minimum Gasteiger partial charge on any atom is -0.493 e. The first kappa shape index (κ1) is 27.6. The average Bonchev–Trinajstić information content (AvgIpc) is 3.32. The Morgan fingerprint density at radius 1 is 1.10 bits per heavy atom. The van der Waals surface area contributed by atoms with E-state index >= 15 is 0 Å². The van der Waals surface area contributed by atoms with Gasteiger partial charge in [-0.05, 0) is 61.0 Å². The average molecular weight is 545 g/mol. The fourth-order valence-corrected chi connectivity index (χ4v) is 4.01. The molecule has 0 aliphatic heterocycles. The summed E-state index contributed by atoms with van der Waals surface area (Å²) in [6.07, 6.45) is 0. The standard InChI is InChI=1S/C28H28N6O6/c1-4-39-23-15-18(11-14-22(23)38-3)24(31-19-12-9-17(10-13-19)25(29)30)26-32-28(37)34(33-26)21-8-6-5-7-20(21)27(36)40-16(2)35/h5-15,24,31H,4H2,1-3H3,(H3,29,30)(H,32,33,37). The summed E-state index contributed by atoms with van der Waals surface area (Å²) < 4.78 is 16.9. The number of carbonyl (C=O) groups excluding carboxylic acids is 2. The third kappa shape index (κ3) is 6.01. The predicted molar refractivity (Wildman–Crippen MR) is 147 cm³/mol. The molecule has 0 aliphatic rings. The molecule has 5 N–H and O–H groups in total. The maximum atomic E-state index is 13.1. The Hall–Kier alpha value is -5.39. The molecule has 0 saturated carbocycles. The normalized spacial score (nSPS) is 11.4. The molecule has 1 aromatic heterocycles. The molecule has 4 rings (SSSR count). The van der Waals surface area contributed by atoms with Crippen molar-refractivity contribution < 1.29 is 23.8 Å². The molecule has 12 heteroatoms. The number of H-pyrrole nitrogens is 1. The smallest absolute Gasteiger partial charge is 0.348 e. The Morgan fingerprint density at radius 3 is 2.48 bits per heavy atom. The summed E-state index contributed by atoms with van der Waals surface area (Å²) in [5.41, 5.74) is 6.99. The lowest BCUT2D eigenvalue weighted by atomic mass is 10.0. The molecule has 0 saturated heterocycles. The van der Waals surface area contributed by atoms with Gasteiger partial charge in [0, 0.05) is 18.2 Å². The van der Waals surface area contributed by atoms with Gasteiger partial charge in [-0.2, -0.15) is 4.68 Å². The van der Waals surface area contributed by atoms with Gasteiger partial charge in [0.15, 0.2) is 17.3 Å². The lowest BCUT2D eigenvalue weighted by molar-refractivity contribution is -0.135. The second kappa shape index (κ2) is 12.0. The van der Waals surface area contributed by atoms with Gasteiger partial charge in [0.1, 0.15) is 11.9 Å². The molecule has 1 heterocycles. The summed E-state index contributed by atoms with van der Waals surface area (Å²) in [7, 11) is 1.54. The highest BCUT2D eigenvalue weighted by Gasteiger charge is 2.24. The molecule has 4 aromatic rings. The van der Waals surface area contributed by atoms with E-state index in [1.807, 2.05) is 6.92 Å². The van der Waals surface area contributed by atoms with Crippen LogP contribution >= 0.6 is 0 Å². The fourth-order valence-electron chi connectivity index (χ4n) is 4.01. The molecule has 0 fully saturated rings. The van der Waals surface area contributed by atoms with Gasteiger partial charge < -0.3 is 25.3 Å². The third-order valence-electron chi connectivity index (χ3n) is 5.82. The van der Waals surface area contributed by atoms with Crippen molar-refractivity contribution in [1.82, 2.24) is 14.8 Å². The number of esters is 2. The van der Waals surface area contributed by atoms with Crippen LogP contribution in [0.3, 0.4) is 0 Å². The van der Waals surface area contributed by atoms with Gasteiger partial charge >= 0.3 is 17.6 Å². The van der Waals surface area contributed by atoms with Gasteiger partial charge in [-0.15, -0.1) is 5.10 Å². The highest BCUT2D eigenvalue weighted by atomic mass is 16.6. The zero-order chi connectivity index (χ0) is 28.8. The minimum atomic E-state index is -0.906. The molecule has 40 heavy (non-hydrogen) atoms. The van der Waals surface area contributed by atoms with Gasteiger partial charge in [0.05, 0.1) is 25.0 Å². The largest absolute Gasteiger partial charge is 0.493 e. The molecular formula is C28H28N6O6. The van der Waals surface area contributed by atoms with Crippen molar-refractivity contribution >= 4 is 23.5 Å². The van der Waals surface area contributed by atoms with Crippen molar-refractivity contribution in [2.45, 2.75) is 19.9 Å². The Kier molecular flexibility index (Phi) is 8.28. The van der Waals surface area contributed by atoms with Crippen molar-refractivity contribution in [1.29, 1.82) is 5.41 Å². The number of rotatable bonds is 10. The number of ether oxygens (including phenoxy) is 3. The maximum absolute atomic E-state index is 13.1. The number of hydrogen-bond donors (Lipinski definition) is 4. The van der Waals surface area contributed by atoms with E-state index in [0.29, 0.717) is 34.9 Å². The van der Waals surface area contributed by atoms with Crippen LogP contribution in [0.5, 0.6) is 11.5 Å². The van der Waals surface area contributed by atoms with E-state index in [1.165, 1.54) is 19.2 Å². The molecule has 0 radical (unpaired) electrons. The number of nitrogen functional groups attached to an aromatic ring is 1. The molecule has 0 amide bonds. The number of nitrogens with zero attached hydrogens (tertiary/aromatic N) is 2. The highest BCUT2D eigenvalue weighted by molar-refractivity contribution is 5.99. The van der Waals surface area contributed by atoms with E-state index in [1.54, 1.807) is 54.6 Å². The number of methoxy groups -OCH3 is 1. The molecule has 1 atom stereocenters. The van der Waals surface area contributed by atoms with E-state index in [4.69, 9.17) is 25.4 Å². The van der Waals surface area contributed by atoms with Gasteiger partial charge in [-0.3, -0.25) is 15.2 Å². The molecule has 1 unspecified atom stereocenters. The van der Waals surface area contributed by atoms with Crippen molar-refractivity contribution in [2.24, 2.45) is 5.73 Å². The number of anilines is 1. The topological polar surface area (TPSA) is 174 Å². The van der Waals surface area contributed by atoms with Gasteiger partial charge in [0.2, 0.25) is 0 Å². The first-order valence-corrected chi connectivity index (χ1v) is 12.2. The van der Waals surface area contributed by atoms with Crippen LogP contribution < -0.4 is 26.2 Å². The van der Waals surface area contributed by atoms with E-state index in [0.717, 1.165) is 11.6 Å². The predicted octanol–water partition coefficient (Wildman–Crippen LogP) is 3.16. The molecule has 12 nitrogen and oxygen atoms in total. The second-order valence-corrected chi connectivity index (χ2v) is 8.54. The summed E-state index contributed by atoms with van der Waals surface area (Å²) in [6, 6.07) is 17.7. The zero-order valence-corrected chi connectivity index (χ0v) is 22.1. The summed E-state index contributed by atoms with van der Waals surface area (Å²) in [4.78, 5) is 39.8. The Morgan fingerprint density at radius 2 is 1.82 bits per heavy atom. The zero-order valence-electron chi connectivity index (χ0n) is 22.1. The summed E-state index contributed by atoms with van der Waals surface area (Å²) in [6.45, 7) is 3.37. The number of aromatic amines is 1. The first-order valence-electron chi connectivity index (χ1n) is 12.2. The van der Waals surface area contributed by atoms with Gasteiger partial charge in [0.25, 0.3) is 0 Å². The summed E-state index contributed by atoms with van der Waals surface area (Å²) in [5.74, 6) is -0.490. The second-order valence-electron chi connectivity index (χ2n) is 8.54. The van der Waals surface area contributed by atoms with Crippen LogP contribution in [0.2, 0.25) is 0 Å². The van der Waals surface area contributed by atoms with E-state index in [9.17, 15) is 14.4 Å². The van der Waals surface area contributed by atoms with Crippen LogP contribution in [0.15, 0.2) is 71.5 Å². The van der Waals surface area contributed by atoms with Crippen molar-refractivity contribution in [2.75, 3.05) is 19.0 Å². The molecule has 0 bridgehead atoms. The van der Waals surface area contributed by atoms with Crippen LogP contribution in [-0.4, -0.2) is 46.3 Å². The third-order valence-corrected chi connectivity index (χ3v) is 5.82. The molecule has 0 aliphatic carbocycles. The van der Waals surface area contributed by atoms with Gasteiger partial charge in [-0.1, -0.05) is 18.2 Å². The number of hydrogen-bond acceptors (Lipinski definition) is 9. The van der Waals surface area contributed by atoms with E-state index in [-0.39, 0.29) is 22.9 Å². The number of carbonyl (C=O) groups is 2. The number of amidine groups is 1. The first-order chi connectivity index (χ1) is 19.2. The number of para-hydroxylation sites is 1. The number of nitrogens with two attached hydrogens (primary N) is 1. The summed E-state index contributed by atoms with van der Waals surface area (Å²) in [5, 5.41) is 15.5. The number of benzene rings is 3. The Labute approximate surface area is 229 Å². The molecule has 3 aromatic carbocycles. The van der Waals surface area contributed by atoms with Crippen molar-refractivity contribution in [3.8, 4) is 17.2 Å². The quantitative estimate of drug-likeness (QED) is 0.101. The highest BCUT2D eigenvalue weighted by Crippen LogP contribution is 2.33. The van der Waals surface area contributed by atoms with Crippen molar-refractivity contribution in [3.05, 3.63) is 99.7 Å². The molecule has 0 spiro atoms. The number of nitrogens with one attached hydrogen (secondary N) is 3. The molecular weight excluding hydrogens is 516 g/mol. The van der Waals surface area contributed by atoms with E-state index in [2.05, 4.69) is 15.4 Å². The van der Waals surface area contributed by atoms with E-state index < -0.39 is 23.7 Å². The monoisotopic (exact) mass is 544 g/mol. The summed E-state index contributed by atoms with van der Waals surface area (Å²) >= 11 is 0. The number of aromatic nitrogens is 3. The maximum Gasteiger partial charge on any atom is 0.348 e. The fraction of sp³-hybridized carbons (Fsp3) is 0.179. The lowest BCUT2D eigenvalue weighted by Crippen LogP contribution is -2.20. The van der Waals surface area contributed by atoms with Crippen LogP contribution in [0.25, 0.3) is 5.69 Å². The van der Waals surface area contributed by atoms with Crippen LogP contribution in [-0.2, 0) is 9.53 Å². The van der Waals surface area contributed by atoms with Crippen LogP contribution in [0.1, 0.15) is 47.2 Å². The van der Waals surface area contributed by atoms with Gasteiger partial charge in [-0.25, -0.2) is 9.59 Å². The van der Waals surface area contributed by atoms with Crippen molar-refractivity contribution in [3.63, 3.8) is 0 Å². The Balaban J connectivity index is 1.81. The molecule has 206 valence electrons. The van der Waals surface area contributed by atoms with Crippen LogP contribution in [0, 0.1) is 5.41 Å². The van der Waals surface area contributed by atoms with Crippen LogP contribution in [0.4, 0.5) is 5.69 Å². The minimum absolute atomic E-state index is 0.00902. The Bertz CT molecular complexity index is 1610. The lowest BCUT2D eigenvalue weighted by Gasteiger charge is -2.20.